The van der Waals surface area contributed by atoms with Gasteiger partial charge in [-0.1, -0.05) is 0 Å². The first-order chi connectivity index (χ1) is 9.43. The lowest BCUT2D eigenvalue weighted by atomic mass is 10.2. The predicted octanol–water partition coefficient (Wildman–Crippen LogP) is 0.500. The largest absolute Gasteiger partial charge is 0.384 e. The van der Waals surface area contributed by atoms with Crippen molar-refractivity contribution in [1.29, 1.82) is 5.41 Å². The van der Waals surface area contributed by atoms with Crippen LogP contribution in [0.2, 0.25) is 0 Å². The minimum absolute atomic E-state index is 0.0256. The summed E-state index contributed by atoms with van der Waals surface area (Å²) in [4.78, 5) is 2.11. The maximum atomic E-state index is 7.78. The zero-order valence-corrected chi connectivity index (χ0v) is 12.9. The van der Waals surface area contributed by atoms with E-state index in [-0.39, 0.29) is 11.9 Å². The van der Waals surface area contributed by atoms with Gasteiger partial charge in [0.25, 0.3) is 0 Å². The fourth-order valence-electron chi connectivity index (χ4n) is 2.35. The number of rotatable bonds is 8. The van der Waals surface area contributed by atoms with Crippen LogP contribution in [0.4, 0.5) is 5.82 Å². The van der Waals surface area contributed by atoms with Gasteiger partial charge in [0.2, 0.25) is 0 Å². The summed E-state index contributed by atoms with van der Waals surface area (Å²) in [5.41, 5.74) is 7.13. The molecule has 1 aromatic rings. The van der Waals surface area contributed by atoms with E-state index in [0.29, 0.717) is 25.3 Å². The van der Waals surface area contributed by atoms with Gasteiger partial charge in [-0.3, -0.25) is 10.1 Å². The fourth-order valence-corrected chi connectivity index (χ4v) is 2.35. The molecule has 1 atom stereocenters. The molecule has 7 heteroatoms. The topological polar surface area (TPSA) is 89.4 Å². The molecule has 0 fully saturated rings. The molecular weight excluding hydrogens is 258 g/mol. The summed E-state index contributed by atoms with van der Waals surface area (Å²) >= 11 is 0. The number of aryl methyl sites for hydroxylation is 2. The summed E-state index contributed by atoms with van der Waals surface area (Å²) in [6, 6.07) is 0.128. The van der Waals surface area contributed by atoms with Crippen LogP contribution in [0.5, 0.6) is 0 Å². The Morgan fingerprint density at radius 1 is 1.45 bits per heavy atom. The third-order valence-corrected chi connectivity index (χ3v) is 3.21. The maximum Gasteiger partial charge on any atom is 0.138 e. The SMILES string of the molecule is COCCN(c1c(C(=N)N)c(C)nn1C)C(C)COC. The van der Waals surface area contributed by atoms with Gasteiger partial charge in [0.05, 0.1) is 30.5 Å². The van der Waals surface area contributed by atoms with Crippen LogP contribution in [0.15, 0.2) is 0 Å². The molecule has 0 amide bonds. The van der Waals surface area contributed by atoms with Crippen LogP contribution in [-0.2, 0) is 16.5 Å². The van der Waals surface area contributed by atoms with Crippen LogP contribution in [0.25, 0.3) is 0 Å². The summed E-state index contributed by atoms with van der Waals surface area (Å²) in [5, 5.41) is 12.2. The minimum Gasteiger partial charge on any atom is -0.384 e. The van der Waals surface area contributed by atoms with Gasteiger partial charge in [0.1, 0.15) is 11.7 Å². The minimum atomic E-state index is 0.0256. The molecule has 1 rings (SSSR count). The van der Waals surface area contributed by atoms with Gasteiger partial charge in [0, 0.05) is 27.8 Å². The molecule has 1 aromatic heterocycles. The quantitative estimate of drug-likeness (QED) is 0.535. The average Bonchev–Trinajstić information content (AvgIpc) is 2.65. The maximum absolute atomic E-state index is 7.78. The van der Waals surface area contributed by atoms with Crippen molar-refractivity contribution in [1.82, 2.24) is 9.78 Å². The zero-order valence-electron chi connectivity index (χ0n) is 12.9. The molecule has 0 radical (unpaired) electrons. The monoisotopic (exact) mass is 283 g/mol. The van der Waals surface area contributed by atoms with Gasteiger partial charge in [-0.05, 0) is 13.8 Å². The standard InChI is InChI=1S/C13H25N5O2/c1-9(8-20-5)18(6-7-19-4)13-11(12(14)15)10(2)16-17(13)3/h9H,6-8H2,1-5H3,(H3,14,15). The van der Waals surface area contributed by atoms with Crippen molar-refractivity contribution in [3.63, 3.8) is 0 Å². The summed E-state index contributed by atoms with van der Waals surface area (Å²) in [6.07, 6.45) is 0. The number of aromatic nitrogens is 2. The predicted molar refractivity (Wildman–Crippen MR) is 79.5 cm³/mol. The molecule has 0 saturated carbocycles. The lowest BCUT2D eigenvalue weighted by Crippen LogP contribution is -2.41. The molecule has 0 spiro atoms. The molecular formula is C13H25N5O2. The van der Waals surface area contributed by atoms with E-state index in [2.05, 4.69) is 16.9 Å². The Kier molecular flexibility index (Phi) is 5.97. The number of ether oxygens (including phenoxy) is 2. The van der Waals surface area contributed by atoms with Crippen molar-refractivity contribution in [2.24, 2.45) is 12.8 Å². The van der Waals surface area contributed by atoms with E-state index in [0.717, 1.165) is 11.5 Å². The van der Waals surface area contributed by atoms with E-state index < -0.39 is 0 Å². The van der Waals surface area contributed by atoms with Gasteiger partial charge in [-0.25, -0.2) is 0 Å². The molecule has 0 aliphatic carbocycles. The Balaban J connectivity index is 3.21. The van der Waals surface area contributed by atoms with Crippen molar-refractivity contribution in [3.8, 4) is 0 Å². The van der Waals surface area contributed by atoms with Gasteiger partial charge in [0.15, 0.2) is 0 Å². The van der Waals surface area contributed by atoms with Crippen LogP contribution in [-0.4, -0.2) is 55.6 Å². The van der Waals surface area contributed by atoms with Crippen LogP contribution < -0.4 is 10.6 Å². The van der Waals surface area contributed by atoms with Crippen molar-refractivity contribution < 1.29 is 9.47 Å². The Bertz CT molecular complexity index is 458. The van der Waals surface area contributed by atoms with Crippen molar-refractivity contribution in [2.75, 3.05) is 38.9 Å². The molecule has 0 bridgehead atoms. The zero-order chi connectivity index (χ0) is 15.3. The molecule has 1 unspecified atom stereocenters. The number of nitrogen functional groups attached to an aromatic ring is 1. The first-order valence-electron chi connectivity index (χ1n) is 6.56. The second-order valence-electron chi connectivity index (χ2n) is 4.81. The third kappa shape index (κ3) is 3.49. The van der Waals surface area contributed by atoms with Crippen LogP contribution >= 0.6 is 0 Å². The van der Waals surface area contributed by atoms with Gasteiger partial charge >= 0.3 is 0 Å². The number of nitrogens with two attached hydrogens (primary N) is 1. The Hall–Kier alpha value is -1.60. The molecule has 1 heterocycles. The van der Waals surface area contributed by atoms with Gasteiger partial charge in [-0.2, -0.15) is 5.10 Å². The number of nitrogens with zero attached hydrogens (tertiary/aromatic N) is 3. The highest BCUT2D eigenvalue weighted by molar-refractivity contribution is 6.01. The molecule has 0 saturated heterocycles. The average molecular weight is 283 g/mol. The van der Waals surface area contributed by atoms with E-state index in [1.807, 2.05) is 14.0 Å². The van der Waals surface area contributed by atoms with Crippen molar-refractivity contribution in [2.45, 2.75) is 19.9 Å². The Morgan fingerprint density at radius 2 is 2.10 bits per heavy atom. The highest BCUT2D eigenvalue weighted by atomic mass is 16.5. The number of amidine groups is 1. The number of anilines is 1. The van der Waals surface area contributed by atoms with E-state index >= 15 is 0 Å². The summed E-state index contributed by atoms with van der Waals surface area (Å²) in [7, 11) is 5.19. The lowest BCUT2D eigenvalue weighted by molar-refractivity contribution is 0.170. The second-order valence-corrected chi connectivity index (χ2v) is 4.81. The van der Waals surface area contributed by atoms with Gasteiger partial charge in [-0.15, -0.1) is 0 Å². The number of methoxy groups -OCH3 is 2. The number of nitrogens with one attached hydrogen (secondary N) is 1. The van der Waals surface area contributed by atoms with E-state index in [1.165, 1.54) is 0 Å². The van der Waals surface area contributed by atoms with Crippen LogP contribution in [0.1, 0.15) is 18.2 Å². The van der Waals surface area contributed by atoms with Crippen LogP contribution in [0.3, 0.4) is 0 Å². The molecule has 20 heavy (non-hydrogen) atoms. The summed E-state index contributed by atoms with van der Waals surface area (Å²) in [6.45, 7) is 5.75. The highest BCUT2D eigenvalue weighted by Gasteiger charge is 2.24. The van der Waals surface area contributed by atoms with Gasteiger partial charge < -0.3 is 20.1 Å². The Morgan fingerprint density at radius 3 is 2.60 bits per heavy atom. The fraction of sp³-hybridized carbons (Fsp3) is 0.692. The number of hydrogen-bond acceptors (Lipinski definition) is 5. The van der Waals surface area contributed by atoms with E-state index in [4.69, 9.17) is 20.6 Å². The Labute approximate surface area is 120 Å². The van der Waals surface area contributed by atoms with E-state index in [1.54, 1.807) is 18.9 Å². The second kappa shape index (κ2) is 7.25. The third-order valence-electron chi connectivity index (χ3n) is 3.21. The molecule has 0 aliphatic heterocycles. The molecule has 7 nitrogen and oxygen atoms in total. The van der Waals surface area contributed by atoms with Crippen molar-refractivity contribution >= 4 is 11.7 Å². The normalized spacial score (nSPS) is 12.4. The van der Waals surface area contributed by atoms with E-state index in [9.17, 15) is 0 Å². The first-order valence-corrected chi connectivity index (χ1v) is 6.56. The highest BCUT2D eigenvalue weighted by Crippen LogP contribution is 2.24. The molecule has 0 aliphatic rings. The summed E-state index contributed by atoms with van der Waals surface area (Å²) in [5.74, 6) is 0.856. The van der Waals surface area contributed by atoms with Crippen molar-refractivity contribution in [3.05, 3.63) is 11.3 Å². The first kappa shape index (κ1) is 16.5. The lowest BCUT2D eigenvalue weighted by Gasteiger charge is -2.31. The molecule has 3 N–H and O–H groups in total. The summed E-state index contributed by atoms with van der Waals surface area (Å²) < 4.78 is 12.2. The molecule has 114 valence electrons. The number of hydrogen-bond donors (Lipinski definition) is 2. The smallest absolute Gasteiger partial charge is 0.138 e. The van der Waals surface area contributed by atoms with Crippen LogP contribution in [0, 0.1) is 12.3 Å². The molecule has 0 aromatic carbocycles.